The first-order valence-corrected chi connectivity index (χ1v) is 15.6. The number of benzene rings is 3. The van der Waals surface area contributed by atoms with Gasteiger partial charge in [-0.2, -0.15) is 0 Å². The minimum atomic E-state index is -1.36. The molecule has 6 atom stereocenters. The summed E-state index contributed by atoms with van der Waals surface area (Å²) in [6, 6.07) is 13.1. The van der Waals surface area contributed by atoms with Crippen LogP contribution in [0.15, 0.2) is 66.2 Å². The standard InChI is InChI=1S/C34H26Cl3FN2O5/c1-15-3-4-16(11-24(15)35)39-30(42)21-9-8-19-22(28(21)32(39)44)14-23-31(43)40(17-5-10-27(38)26(37)12-17)33(45)34(23,2)29(19)20-7-6-18(41)13-25(20)36/h3-8,10-13,21-23,28-29,41H,9,14H2,1-2H3/t21-,22+,23-,28-,29+,34+/m0/s1. The number of carbonyl (C=O) groups excluding carboxylic acids is 4. The van der Waals surface area contributed by atoms with Gasteiger partial charge in [-0.05, 0) is 86.2 Å². The Morgan fingerprint density at radius 1 is 0.822 bits per heavy atom. The lowest BCUT2D eigenvalue weighted by Crippen LogP contribution is -2.49. The number of carbonyl (C=O) groups is 4. The summed E-state index contributed by atoms with van der Waals surface area (Å²) >= 11 is 19.1. The highest BCUT2D eigenvalue weighted by Crippen LogP contribution is 2.64. The summed E-state index contributed by atoms with van der Waals surface area (Å²) in [6.45, 7) is 3.54. The van der Waals surface area contributed by atoms with Gasteiger partial charge in [-0.3, -0.25) is 19.2 Å². The largest absolute Gasteiger partial charge is 0.508 e. The molecule has 230 valence electrons. The summed E-state index contributed by atoms with van der Waals surface area (Å²) in [6.07, 6.45) is 2.30. The molecule has 7 rings (SSSR count). The number of phenolic OH excluding ortho intramolecular Hbond substituents is 1. The molecule has 1 saturated carbocycles. The molecule has 3 aromatic rings. The van der Waals surface area contributed by atoms with E-state index in [4.69, 9.17) is 34.8 Å². The van der Waals surface area contributed by atoms with Crippen LogP contribution in [0.5, 0.6) is 5.75 Å². The maximum absolute atomic E-state index is 14.5. The lowest BCUT2D eigenvalue weighted by atomic mass is 9.51. The highest BCUT2D eigenvalue weighted by Gasteiger charge is 2.68. The van der Waals surface area contributed by atoms with Crippen LogP contribution in [0.1, 0.15) is 36.8 Å². The highest BCUT2D eigenvalue weighted by molar-refractivity contribution is 6.33. The molecular formula is C34H26Cl3FN2O5. The van der Waals surface area contributed by atoms with Crippen LogP contribution in [0.3, 0.4) is 0 Å². The third kappa shape index (κ3) is 4.22. The molecule has 0 bridgehead atoms. The Bertz CT molecular complexity index is 1900. The van der Waals surface area contributed by atoms with Crippen LogP contribution in [0.25, 0.3) is 0 Å². The zero-order valence-electron chi connectivity index (χ0n) is 24.1. The van der Waals surface area contributed by atoms with Gasteiger partial charge in [0.1, 0.15) is 11.6 Å². The Hall–Kier alpha value is -3.72. The van der Waals surface area contributed by atoms with Gasteiger partial charge < -0.3 is 5.11 Å². The Morgan fingerprint density at radius 3 is 2.20 bits per heavy atom. The minimum Gasteiger partial charge on any atom is -0.508 e. The molecule has 0 spiro atoms. The fourth-order valence-corrected chi connectivity index (χ4v) is 8.59. The number of allylic oxidation sites excluding steroid dienone is 2. The Kier molecular flexibility index (Phi) is 6.93. The number of anilines is 2. The molecule has 7 nitrogen and oxygen atoms in total. The molecule has 11 heteroatoms. The molecule has 45 heavy (non-hydrogen) atoms. The molecule has 3 fully saturated rings. The first kappa shape index (κ1) is 30.0. The summed E-state index contributed by atoms with van der Waals surface area (Å²) in [5, 5.41) is 10.5. The van der Waals surface area contributed by atoms with Crippen molar-refractivity contribution in [1.82, 2.24) is 0 Å². The van der Waals surface area contributed by atoms with E-state index >= 15 is 0 Å². The van der Waals surface area contributed by atoms with Crippen molar-refractivity contribution in [1.29, 1.82) is 0 Å². The van der Waals surface area contributed by atoms with E-state index < -0.39 is 58.5 Å². The van der Waals surface area contributed by atoms with Crippen LogP contribution >= 0.6 is 34.8 Å². The number of halogens is 4. The van der Waals surface area contributed by atoms with E-state index in [1.807, 2.05) is 13.0 Å². The van der Waals surface area contributed by atoms with Gasteiger partial charge in [0, 0.05) is 16.0 Å². The topological polar surface area (TPSA) is 95.0 Å². The zero-order valence-corrected chi connectivity index (χ0v) is 26.3. The van der Waals surface area contributed by atoms with Crippen molar-refractivity contribution in [2.75, 3.05) is 9.80 Å². The van der Waals surface area contributed by atoms with Crippen molar-refractivity contribution in [3.63, 3.8) is 0 Å². The van der Waals surface area contributed by atoms with Gasteiger partial charge >= 0.3 is 0 Å². The summed E-state index contributed by atoms with van der Waals surface area (Å²) in [7, 11) is 0. The van der Waals surface area contributed by atoms with E-state index in [1.165, 1.54) is 29.2 Å². The summed E-state index contributed by atoms with van der Waals surface area (Å²) in [4.78, 5) is 58.9. The lowest BCUT2D eigenvalue weighted by Gasteiger charge is -2.49. The van der Waals surface area contributed by atoms with Gasteiger partial charge in [-0.15, -0.1) is 0 Å². The molecule has 3 aromatic carbocycles. The van der Waals surface area contributed by atoms with E-state index in [2.05, 4.69) is 0 Å². The van der Waals surface area contributed by atoms with E-state index in [-0.39, 0.29) is 40.2 Å². The summed E-state index contributed by atoms with van der Waals surface area (Å²) in [5.74, 6) is -6.20. The smallest absolute Gasteiger partial charge is 0.241 e. The van der Waals surface area contributed by atoms with Crippen molar-refractivity contribution in [2.45, 2.75) is 32.6 Å². The van der Waals surface area contributed by atoms with Crippen LogP contribution in [0.2, 0.25) is 15.1 Å². The van der Waals surface area contributed by atoms with E-state index in [9.17, 15) is 28.7 Å². The molecule has 0 aromatic heterocycles. The molecule has 2 aliphatic heterocycles. The third-order valence-corrected chi connectivity index (χ3v) is 11.2. The fraction of sp³-hybridized carbons (Fsp3) is 0.294. The SMILES string of the molecule is Cc1ccc(N2C(=O)[C@H]3[C@H](CC=C4[C@H]3C[C@H]3C(=O)N(c5ccc(F)c(Cl)c5)C(=O)[C@@]3(C)[C@H]4c3ccc(O)cc3Cl)C2=O)cc1Cl. The van der Waals surface area contributed by atoms with Crippen LogP contribution in [0, 0.1) is 41.8 Å². The second-order valence-corrected chi connectivity index (χ2v) is 13.6. The second-order valence-electron chi connectivity index (χ2n) is 12.4. The number of phenols is 1. The first-order chi connectivity index (χ1) is 21.3. The van der Waals surface area contributed by atoms with Crippen LogP contribution in [0.4, 0.5) is 15.8 Å². The fourth-order valence-electron chi connectivity index (χ4n) is 7.96. The van der Waals surface area contributed by atoms with Crippen molar-refractivity contribution in [3.05, 3.63) is 98.3 Å². The van der Waals surface area contributed by atoms with Gasteiger partial charge in [0.15, 0.2) is 0 Å². The molecule has 4 aliphatic rings. The minimum absolute atomic E-state index is 0.0733. The van der Waals surface area contributed by atoms with Crippen molar-refractivity contribution in [2.24, 2.45) is 29.1 Å². The molecule has 0 radical (unpaired) electrons. The molecule has 1 N–H and O–H groups in total. The number of hydrogen-bond acceptors (Lipinski definition) is 5. The molecular weight excluding hydrogens is 642 g/mol. The van der Waals surface area contributed by atoms with Gasteiger partial charge in [-0.25, -0.2) is 14.2 Å². The molecule has 2 aliphatic carbocycles. The second kappa shape index (κ2) is 10.4. The van der Waals surface area contributed by atoms with Crippen LogP contribution < -0.4 is 9.80 Å². The lowest BCUT2D eigenvalue weighted by molar-refractivity contribution is -0.131. The highest BCUT2D eigenvalue weighted by atomic mass is 35.5. The van der Waals surface area contributed by atoms with E-state index in [0.717, 1.165) is 22.1 Å². The molecule has 2 saturated heterocycles. The van der Waals surface area contributed by atoms with E-state index in [1.54, 1.807) is 31.2 Å². The van der Waals surface area contributed by atoms with E-state index in [0.29, 0.717) is 16.3 Å². The quantitative estimate of drug-likeness (QED) is 0.235. The van der Waals surface area contributed by atoms with Gasteiger partial charge in [0.2, 0.25) is 23.6 Å². The normalized spacial score (nSPS) is 29.1. The monoisotopic (exact) mass is 666 g/mol. The number of imide groups is 2. The van der Waals surface area contributed by atoms with Gasteiger partial charge in [0.25, 0.3) is 0 Å². The maximum atomic E-state index is 14.5. The van der Waals surface area contributed by atoms with Gasteiger partial charge in [-0.1, -0.05) is 58.6 Å². The number of aromatic hydroxyl groups is 1. The van der Waals surface area contributed by atoms with Crippen molar-refractivity contribution >= 4 is 69.8 Å². The van der Waals surface area contributed by atoms with Gasteiger partial charge in [0.05, 0.1) is 39.6 Å². The third-order valence-electron chi connectivity index (χ3n) is 10.1. The van der Waals surface area contributed by atoms with Crippen LogP contribution in [-0.2, 0) is 19.2 Å². The maximum Gasteiger partial charge on any atom is 0.241 e. The number of amides is 4. The average Bonchev–Trinajstić information content (AvgIpc) is 3.36. The predicted molar refractivity (Wildman–Crippen MR) is 168 cm³/mol. The number of rotatable bonds is 3. The summed E-state index contributed by atoms with van der Waals surface area (Å²) in [5.41, 5.74) is 1.21. The average molecular weight is 668 g/mol. The summed E-state index contributed by atoms with van der Waals surface area (Å²) < 4.78 is 14.1. The van der Waals surface area contributed by atoms with Crippen molar-refractivity contribution in [3.8, 4) is 5.75 Å². The Morgan fingerprint density at radius 2 is 1.51 bits per heavy atom. The number of aryl methyl sites for hydroxylation is 1. The number of fused-ring (bicyclic) bond motifs is 4. The zero-order chi connectivity index (χ0) is 32.1. The van der Waals surface area contributed by atoms with Crippen molar-refractivity contribution < 1.29 is 28.7 Å². The van der Waals surface area contributed by atoms with Crippen LogP contribution in [-0.4, -0.2) is 28.7 Å². The number of hydrogen-bond donors (Lipinski definition) is 1. The predicted octanol–water partition coefficient (Wildman–Crippen LogP) is 7.24. The Balaban J connectivity index is 1.37. The number of nitrogens with zero attached hydrogens (tertiary/aromatic N) is 2. The molecule has 4 amide bonds. The first-order valence-electron chi connectivity index (χ1n) is 14.5. The molecule has 0 unspecified atom stereocenters. The Labute approximate surface area is 273 Å². The molecule has 2 heterocycles.